The first kappa shape index (κ1) is 12.9. The van der Waals surface area contributed by atoms with Crippen LogP contribution < -0.4 is 10.6 Å². The van der Waals surface area contributed by atoms with Crippen LogP contribution >= 0.6 is 0 Å². The fourth-order valence-electron chi connectivity index (χ4n) is 2.45. The topological polar surface area (TPSA) is 69.8 Å². The van der Waals surface area contributed by atoms with E-state index in [9.17, 15) is 4.79 Å². The number of hydrogen-bond donors (Lipinski definition) is 3. The molecule has 20 heavy (non-hydrogen) atoms. The highest BCUT2D eigenvalue weighted by molar-refractivity contribution is 5.95. The number of carbonyl (C=O) groups is 1. The first-order chi connectivity index (χ1) is 9.83. The third-order valence-corrected chi connectivity index (χ3v) is 3.59. The Bertz CT molecular complexity index is 556. The molecular weight excluding hydrogens is 252 g/mol. The van der Waals surface area contributed by atoms with Crippen molar-refractivity contribution in [3.63, 3.8) is 0 Å². The van der Waals surface area contributed by atoms with Gasteiger partial charge in [0.05, 0.1) is 11.7 Å². The second-order valence-corrected chi connectivity index (χ2v) is 5.04. The van der Waals surface area contributed by atoms with Crippen molar-refractivity contribution in [2.45, 2.75) is 25.3 Å². The third-order valence-electron chi connectivity index (χ3n) is 3.59. The molecule has 3 N–H and O–H groups in total. The van der Waals surface area contributed by atoms with E-state index in [0.29, 0.717) is 0 Å². The molecule has 3 rings (SSSR count). The average molecular weight is 270 g/mol. The number of nitrogens with zero attached hydrogens (tertiary/aromatic N) is 1. The molecule has 104 valence electrons. The lowest BCUT2D eigenvalue weighted by Crippen LogP contribution is -2.43. The van der Waals surface area contributed by atoms with Gasteiger partial charge >= 0.3 is 0 Å². The number of nitrogens with one attached hydrogen (secondary N) is 3. The Hall–Kier alpha value is -2.14. The van der Waals surface area contributed by atoms with Gasteiger partial charge in [-0.1, -0.05) is 18.6 Å². The van der Waals surface area contributed by atoms with Crippen molar-refractivity contribution in [1.29, 1.82) is 0 Å². The predicted octanol–water partition coefficient (Wildman–Crippen LogP) is 2.16. The summed E-state index contributed by atoms with van der Waals surface area (Å²) in [5, 5.41) is 13.0. The van der Waals surface area contributed by atoms with E-state index in [2.05, 4.69) is 20.8 Å². The fraction of sp³-hybridized carbons (Fsp3) is 0.333. The lowest BCUT2D eigenvalue weighted by molar-refractivity contribution is -0.118. The average Bonchev–Trinajstić information content (AvgIpc) is 3.03. The lowest BCUT2D eigenvalue weighted by atomic mass is 10.0. The molecule has 1 aromatic heterocycles. The van der Waals surface area contributed by atoms with E-state index >= 15 is 0 Å². The van der Waals surface area contributed by atoms with Crippen LogP contribution in [0.15, 0.2) is 36.5 Å². The van der Waals surface area contributed by atoms with Crippen LogP contribution in [-0.4, -0.2) is 28.7 Å². The van der Waals surface area contributed by atoms with Crippen molar-refractivity contribution in [1.82, 2.24) is 15.5 Å². The lowest BCUT2D eigenvalue weighted by Gasteiger charge is -2.22. The SMILES string of the molecule is O=C(Nc1ccc(-c2ccn[nH]2)cc1)C1CCCCN1. The van der Waals surface area contributed by atoms with Gasteiger partial charge in [0.25, 0.3) is 0 Å². The maximum absolute atomic E-state index is 12.1. The summed E-state index contributed by atoms with van der Waals surface area (Å²) in [6.07, 6.45) is 4.91. The summed E-state index contributed by atoms with van der Waals surface area (Å²) in [6.45, 7) is 0.927. The molecular formula is C15H18N4O. The second kappa shape index (κ2) is 5.88. The molecule has 1 aliphatic heterocycles. The summed E-state index contributed by atoms with van der Waals surface area (Å²) in [7, 11) is 0. The smallest absolute Gasteiger partial charge is 0.241 e. The number of carbonyl (C=O) groups excluding carboxylic acids is 1. The summed E-state index contributed by atoms with van der Waals surface area (Å²) in [5.41, 5.74) is 2.85. The van der Waals surface area contributed by atoms with Crippen LogP contribution in [0.4, 0.5) is 5.69 Å². The minimum atomic E-state index is -0.0592. The van der Waals surface area contributed by atoms with Crippen LogP contribution in [-0.2, 0) is 4.79 Å². The summed E-state index contributed by atoms with van der Waals surface area (Å²) in [5.74, 6) is 0.0546. The molecule has 1 aliphatic rings. The van der Waals surface area contributed by atoms with Crippen LogP contribution in [0.5, 0.6) is 0 Å². The van der Waals surface area contributed by atoms with Gasteiger partial charge in [0.1, 0.15) is 0 Å². The van der Waals surface area contributed by atoms with Gasteiger partial charge in [0.2, 0.25) is 5.91 Å². The van der Waals surface area contributed by atoms with E-state index < -0.39 is 0 Å². The first-order valence-electron chi connectivity index (χ1n) is 6.97. The Balaban J connectivity index is 1.64. The summed E-state index contributed by atoms with van der Waals surface area (Å²) >= 11 is 0. The zero-order chi connectivity index (χ0) is 13.8. The van der Waals surface area contributed by atoms with Crippen LogP contribution in [0.1, 0.15) is 19.3 Å². The molecule has 1 unspecified atom stereocenters. The summed E-state index contributed by atoms with van der Waals surface area (Å²) in [6, 6.07) is 9.62. The number of hydrogen-bond acceptors (Lipinski definition) is 3. The van der Waals surface area contributed by atoms with E-state index in [1.165, 1.54) is 0 Å². The van der Waals surface area contributed by atoms with Gasteiger partial charge < -0.3 is 10.6 Å². The molecule has 5 heteroatoms. The van der Waals surface area contributed by atoms with Crippen LogP contribution in [0, 0.1) is 0 Å². The van der Waals surface area contributed by atoms with Gasteiger partial charge in [-0.05, 0) is 43.1 Å². The molecule has 0 spiro atoms. The van der Waals surface area contributed by atoms with Crippen molar-refractivity contribution in [3.8, 4) is 11.3 Å². The Morgan fingerprint density at radius 3 is 2.70 bits per heavy atom. The van der Waals surface area contributed by atoms with Crippen LogP contribution in [0.3, 0.4) is 0 Å². The van der Waals surface area contributed by atoms with Crippen LogP contribution in [0.25, 0.3) is 11.3 Å². The number of piperidine rings is 1. The molecule has 1 saturated heterocycles. The zero-order valence-corrected chi connectivity index (χ0v) is 11.2. The highest BCUT2D eigenvalue weighted by Crippen LogP contribution is 2.19. The van der Waals surface area contributed by atoms with Crippen molar-refractivity contribution in [2.75, 3.05) is 11.9 Å². The summed E-state index contributed by atoms with van der Waals surface area (Å²) in [4.78, 5) is 12.1. The van der Waals surface area contributed by atoms with Crippen molar-refractivity contribution < 1.29 is 4.79 Å². The van der Waals surface area contributed by atoms with Gasteiger partial charge in [-0.2, -0.15) is 5.10 Å². The largest absolute Gasteiger partial charge is 0.325 e. The van der Waals surface area contributed by atoms with Gasteiger partial charge in [0.15, 0.2) is 0 Å². The Morgan fingerprint density at radius 2 is 2.05 bits per heavy atom. The van der Waals surface area contributed by atoms with E-state index in [0.717, 1.165) is 42.8 Å². The number of aromatic nitrogens is 2. The number of rotatable bonds is 3. The molecule has 0 radical (unpaired) electrons. The molecule has 5 nitrogen and oxygen atoms in total. The molecule has 1 aromatic carbocycles. The van der Waals surface area contributed by atoms with Crippen molar-refractivity contribution >= 4 is 11.6 Å². The summed E-state index contributed by atoms with van der Waals surface area (Å²) < 4.78 is 0. The Labute approximate surface area is 117 Å². The standard InChI is InChI=1S/C15H18N4O/c20-15(14-3-1-2-9-16-14)18-12-6-4-11(5-7-12)13-8-10-17-19-13/h4-8,10,14,16H,1-3,9H2,(H,17,19)(H,18,20). The number of amides is 1. The number of aromatic amines is 1. The molecule has 2 heterocycles. The van der Waals surface area contributed by atoms with Crippen molar-refractivity contribution in [2.24, 2.45) is 0 Å². The quantitative estimate of drug-likeness (QED) is 0.800. The second-order valence-electron chi connectivity index (χ2n) is 5.04. The molecule has 1 amide bonds. The molecule has 0 saturated carbocycles. The van der Waals surface area contributed by atoms with Gasteiger partial charge in [-0.15, -0.1) is 0 Å². The molecule has 1 atom stereocenters. The monoisotopic (exact) mass is 270 g/mol. The fourth-order valence-corrected chi connectivity index (χ4v) is 2.45. The molecule has 0 bridgehead atoms. The maximum Gasteiger partial charge on any atom is 0.241 e. The van der Waals surface area contributed by atoms with E-state index in [4.69, 9.17) is 0 Å². The minimum absolute atomic E-state index is 0.0546. The van der Waals surface area contributed by atoms with E-state index in [1.807, 2.05) is 30.3 Å². The van der Waals surface area contributed by atoms with Gasteiger partial charge in [0, 0.05) is 11.9 Å². The highest BCUT2D eigenvalue weighted by atomic mass is 16.2. The molecule has 1 fully saturated rings. The number of benzene rings is 1. The number of H-pyrrole nitrogens is 1. The minimum Gasteiger partial charge on any atom is -0.325 e. The Kier molecular flexibility index (Phi) is 3.78. The molecule has 2 aromatic rings. The number of anilines is 1. The van der Waals surface area contributed by atoms with E-state index in [-0.39, 0.29) is 11.9 Å². The zero-order valence-electron chi connectivity index (χ0n) is 11.2. The third kappa shape index (κ3) is 2.88. The van der Waals surface area contributed by atoms with Gasteiger partial charge in [-0.25, -0.2) is 0 Å². The first-order valence-corrected chi connectivity index (χ1v) is 6.97. The van der Waals surface area contributed by atoms with Crippen molar-refractivity contribution in [3.05, 3.63) is 36.5 Å². The highest BCUT2D eigenvalue weighted by Gasteiger charge is 2.20. The van der Waals surface area contributed by atoms with E-state index in [1.54, 1.807) is 6.20 Å². The molecule has 0 aliphatic carbocycles. The van der Waals surface area contributed by atoms with Crippen LogP contribution in [0.2, 0.25) is 0 Å². The normalized spacial score (nSPS) is 18.7. The predicted molar refractivity (Wildman–Crippen MR) is 78.3 cm³/mol. The van der Waals surface area contributed by atoms with Gasteiger partial charge in [-0.3, -0.25) is 9.89 Å². The maximum atomic E-state index is 12.1. The Morgan fingerprint density at radius 1 is 1.20 bits per heavy atom.